The number of nitrogen functional groups attached to an aromatic ring is 1. The van der Waals surface area contributed by atoms with Crippen LogP contribution in [0.5, 0.6) is 0 Å². The highest BCUT2D eigenvalue weighted by atomic mass is 35.5. The Balaban J connectivity index is 1.87. The Hall–Kier alpha value is -1.62. The van der Waals surface area contributed by atoms with Crippen molar-refractivity contribution in [1.29, 1.82) is 0 Å². The van der Waals surface area contributed by atoms with E-state index in [1.807, 2.05) is 16.8 Å². The quantitative estimate of drug-likeness (QED) is 0.877. The molecule has 0 spiro atoms. The number of hydrogen-bond acceptors (Lipinski definition) is 4. The lowest BCUT2D eigenvalue weighted by atomic mass is 9.84. The van der Waals surface area contributed by atoms with Gasteiger partial charge in [0.2, 0.25) is 0 Å². The first-order chi connectivity index (χ1) is 10.2. The molecule has 0 unspecified atom stereocenters. The molecule has 3 rings (SSSR count). The highest BCUT2D eigenvalue weighted by Crippen LogP contribution is 2.36. The molecule has 0 atom stereocenters. The van der Waals surface area contributed by atoms with Crippen LogP contribution in [0.3, 0.4) is 0 Å². The van der Waals surface area contributed by atoms with Crippen LogP contribution in [0.15, 0.2) is 18.2 Å². The summed E-state index contributed by atoms with van der Waals surface area (Å²) < 4.78 is 1.93. The van der Waals surface area contributed by atoms with Gasteiger partial charge < -0.3 is 5.73 Å². The predicted octanol–water partition coefficient (Wildman–Crippen LogP) is 3.72. The van der Waals surface area contributed by atoms with Gasteiger partial charge in [0.15, 0.2) is 5.82 Å². The number of anilines is 1. The van der Waals surface area contributed by atoms with Gasteiger partial charge in [-0.1, -0.05) is 24.9 Å². The third kappa shape index (κ3) is 2.88. The molecule has 5 nitrogen and oxygen atoms in total. The van der Waals surface area contributed by atoms with Crippen molar-refractivity contribution in [3.8, 4) is 11.4 Å². The largest absolute Gasteiger partial charge is 0.399 e. The van der Waals surface area contributed by atoms with E-state index in [4.69, 9.17) is 17.3 Å². The molecule has 0 aliphatic heterocycles. The summed E-state index contributed by atoms with van der Waals surface area (Å²) >= 11 is 6.29. The molecule has 0 radical (unpaired) electrons. The van der Waals surface area contributed by atoms with Crippen molar-refractivity contribution in [1.82, 2.24) is 20.2 Å². The van der Waals surface area contributed by atoms with Gasteiger partial charge in [-0.3, -0.25) is 0 Å². The lowest BCUT2D eigenvalue weighted by Crippen LogP contribution is -2.19. The molecule has 21 heavy (non-hydrogen) atoms. The first-order valence-electron chi connectivity index (χ1n) is 7.52. The van der Waals surface area contributed by atoms with E-state index in [-0.39, 0.29) is 0 Å². The van der Waals surface area contributed by atoms with Gasteiger partial charge in [-0.2, -0.15) is 0 Å². The first-order valence-corrected chi connectivity index (χ1v) is 7.90. The minimum Gasteiger partial charge on any atom is -0.399 e. The molecular weight excluding hydrogens is 286 g/mol. The minimum absolute atomic E-state index is 0.367. The molecule has 0 amide bonds. The Kier molecular flexibility index (Phi) is 4.10. The van der Waals surface area contributed by atoms with E-state index in [9.17, 15) is 0 Å². The molecule has 2 aromatic rings. The van der Waals surface area contributed by atoms with Gasteiger partial charge in [0, 0.05) is 11.3 Å². The van der Waals surface area contributed by atoms with E-state index in [1.165, 1.54) is 19.3 Å². The maximum atomic E-state index is 6.29. The summed E-state index contributed by atoms with van der Waals surface area (Å²) in [6.45, 7) is 2.27. The number of rotatable bonds is 3. The Morgan fingerprint density at radius 1 is 1.29 bits per heavy atom. The summed E-state index contributed by atoms with van der Waals surface area (Å²) in [7, 11) is 0. The van der Waals surface area contributed by atoms with Crippen LogP contribution in [0.1, 0.15) is 45.1 Å². The van der Waals surface area contributed by atoms with E-state index in [2.05, 4.69) is 22.4 Å². The molecule has 2 N–H and O–H groups in total. The van der Waals surface area contributed by atoms with Crippen molar-refractivity contribution in [3.05, 3.63) is 23.2 Å². The molecular formula is C15H20ClN5. The Morgan fingerprint density at radius 2 is 2.05 bits per heavy atom. The van der Waals surface area contributed by atoms with Crippen LogP contribution in [0.25, 0.3) is 11.4 Å². The third-order valence-corrected chi connectivity index (χ3v) is 4.78. The number of hydrogen-bond donors (Lipinski definition) is 1. The highest BCUT2D eigenvalue weighted by molar-refractivity contribution is 6.33. The molecule has 0 saturated heterocycles. The van der Waals surface area contributed by atoms with Crippen LogP contribution in [0.4, 0.5) is 5.69 Å². The van der Waals surface area contributed by atoms with Crippen molar-refractivity contribution in [2.75, 3.05) is 5.73 Å². The van der Waals surface area contributed by atoms with Crippen LogP contribution in [-0.4, -0.2) is 20.2 Å². The zero-order valence-electron chi connectivity index (χ0n) is 12.2. The van der Waals surface area contributed by atoms with E-state index < -0.39 is 0 Å². The lowest BCUT2D eigenvalue weighted by molar-refractivity contribution is 0.255. The molecule has 112 valence electrons. The average molecular weight is 306 g/mol. The van der Waals surface area contributed by atoms with E-state index >= 15 is 0 Å². The van der Waals surface area contributed by atoms with Crippen molar-refractivity contribution in [3.63, 3.8) is 0 Å². The molecule has 0 bridgehead atoms. The summed E-state index contributed by atoms with van der Waals surface area (Å²) in [5.74, 6) is 1.58. The van der Waals surface area contributed by atoms with Gasteiger partial charge in [0.25, 0.3) is 0 Å². The zero-order chi connectivity index (χ0) is 14.8. The number of tetrazole rings is 1. The van der Waals surface area contributed by atoms with Crippen LogP contribution < -0.4 is 5.73 Å². The van der Waals surface area contributed by atoms with Gasteiger partial charge in [-0.15, -0.1) is 5.10 Å². The monoisotopic (exact) mass is 305 g/mol. The molecule has 1 heterocycles. The highest BCUT2D eigenvalue weighted by Gasteiger charge is 2.25. The number of halogens is 1. The van der Waals surface area contributed by atoms with Crippen LogP contribution in [0.2, 0.25) is 5.02 Å². The number of aromatic nitrogens is 4. The summed E-state index contributed by atoms with van der Waals surface area (Å²) in [5, 5.41) is 12.8. The summed E-state index contributed by atoms with van der Waals surface area (Å²) in [6.07, 6.45) is 6.01. The predicted molar refractivity (Wildman–Crippen MR) is 84.0 cm³/mol. The van der Waals surface area contributed by atoms with Crippen molar-refractivity contribution >= 4 is 17.3 Å². The van der Waals surface area contributed by atoms with Crippen LogP contribution in [0, 0.1) is 5.92 Å². The molecule has 1 aromatic carbocycles. The Labute approximate surface area is 129 Å². The maximum Gasteiger partial charge on any atom is 0.183 e. The second kappa shape index (κ2) is 6.02. The topological polar surface area (TPSA) is 69.6 Å². The van der Waals surface area contributed by atoms with Crippen molar-refractivity contribution < 1.29 is 0 Å². The Bertz CT molecular complexity index is 616. The minimum atomic E-state index is 0.367. The summed E-state index contributed by atoms with van der Waals surface area (Å²) in [5.41, 5.74) is 7.24. The normalized spacial score (nSPS) is 22.4. The van der Waals surface area contributed by atoms with Gasteiger partial charge in [0.1, 0.15) is 0 Å². The van der Waals surface area contributed by atoms with Crippen LogP contribution in [-0.2, 0) is 0 Å². The fourth-order valence-corrected chi connectivity index (χ4v) is 3.40. The van der Waals surface area contributed by atoms with Crippen molar-refractivity contribution in [2.24, 2.45) is 5.92 Å². The number of nitrogens with two attached hydrogens (primary N) is 1. The summed E-state index contributed by atoms with van der Waals surface area (Å²) in [6, 6.07) is 5.82. The molecule has 6 heteroatoms. The van der Waals surface area contributed by atoms with Gasteiger partial charge in [-0.05, 0) is 60.2 Å². The Morgan fingerprint density at radius 3 is 2.71 bits per heavy atom. The second-order valence-corrected chi connectivity index (χ2v) is 6.18. The molecule has 1 aliphatic rings. The smallest absolute Gasteiger partial charge is 0.183 e. The fraction of sp³-hybridized carbons (Fsp3) is 0.533. The van der Waals surface area contributed by atoms with E-state index in [1.54, 1.807) is 6.07 Å². The first kappa shape index (κ1) is 14.3. The maximum absolute atomic E-state index is 6.29. The number of benzene rings is 1. The fourth-order valence-electron chi connectivity index (χ4n) is 3.13. The van der Waals surface area contributed by atoms with E-state index in [0.717, 1.165) is 30.1 Å². The SMILES string of the molecule is CCC1CCC(n2nnnc2-c2ccc(N)cc2Cl)CC1. The average Bonchev–Trinajstić information content (AvgIpc) is 2.96. The second-order valence-electron chi connectivity index (χ2n) is 5.77. The third-order valence-electron chi connectivity index (χ3n) is 4.47. The number of nitrogens with zero attached hydrogens (tertiary/aromatic N) is 4. The van der Waals surface area contributed by atoms with Gasteiger partial charge >= 0.3 is 0 Å². The molecule has 1 saturated carbocycles. The van der Waals surface area contributed by atoms with Crippen LogP contribution >= 0.6 is 11.6 Å². The zero-order valence-corrected chi connectivity index (χ0v) is 12.9. The lowest BCUT2D eigenvalue weighted by Gasteiger charge is -2.28. The van der Waals surface area contributed by atoms with Gasteiger partial charge in [0.05, 0.1) is 11.1 Å². The van der Waals surface area contributed by atoms with Crippen molar-refractivity contribution in [2.45, 2.75) is 45.1 Å². The standard InChI is InChI=1S/C15H20ClN5/c1-2-10-3-6-12(7-4-10)21-15(18-19-20-21)13-8-5-11(17)9-14(13)16/h5,8-10,12H,2-4,6-7,17H2,1H3. The molecule has 1 aliphatic carbocycles. The van der Waals surface area contributed by atoms with E-state index in [0.29, 0.717) is 16.8 Å². The molecule has 1 aromatic heterocycles. The van der Waals surface area contributed by atoms with Gasteiger partial charge in [-0.25, -0.2) is 4.68 Å². The molecule has 1 fully saturated rings. The summed E-state index contributed by atoms with van der Waals surface area (Å²) in [4.78, 5) is 0.